The molecule has 1 aromatic rings. The second-order valence-electron chi connectivity index (χ2n) is 6.15. The lowest BCUT2D eigenvalue weighted by Gasteiger charge is -2.33. The van der Waals surface area contributed by atoms with Crippen LogP contribution in [-0.2, 0) is 19.5 Å². The summed E-state index contributed by atoms with van der Waals surface area (Å²) in [7, 11) is -3.84. The fourth-order valence-electron chi connectivity index (χ4n) is 3.17. The monoisotopic (exact) mass is 335 g/mol. The van der Waals surface area contributed by atoms with Gasteiger partial charge in [0.25, 0.3) is 10.0 Å². The topological polar surface area (TPSA) is 65.0 Å². The average Bonchev–Trinajstić information content (AvgIpc) is 2.84. The highest BCUT2D eigenvalue weighted by Crippen LogP contribution is 2.41. The summed E-state index contributed by atoms with van der Waals surface area (Å²) in [5.41, 5.74) is 0.472. The zero-order valence-corrected chi connectivity index (χ0v) is 14.0. The van der Waals surface area contributed by atoms with Gasteiger partial charge in [-0.1, -0.05) is 35.1 Å². The number of hydrogen-bond donors (Lipinski definition) is 0. The zero-order chi connectivity index (χ0) is 16.5. The van der Waals surface area contributed by atoms with Crippen LogP contribution in [0.25, 0.3) is 0 Å². The molecule has 0 bridgehead atoms. The first-order chi connectivity index (χ1) is 11.0. The Labute approximate surface area is 137 Å². The number of hydrogen-bond acceptors (Lipinski definition) is 4. The van der Waals surface area contributed by atoms with Gasteiger partial charge in [-0.15, -0.1) is 0 Å². The minimum absolute atomic E-state index is 0.127. The minimum atomic E-state index is -3.84. The number of rotatable bonds is 3. The second-order valence-corrected chi connectivity index (χ2v) is 7.75. The Balaban J connectivity index is 1.88. The van der Waals surface area contributed by atoms with Crippen molar-refractivity contribution < 1.29 is 17.9 Å². The van der Waals surface area contributed by atoms with Crippen molar-refractivity contribution in [1.82, 2.24) is 0 Å². The van der Waals surface area contributed by atoms with Crippen LogP contribution in [0.1, 0.15) is 37.7 Å². The van der Waals surface area contributed by atoms with Crippen LogP contribution in [0.3, 0.4) is 0 Å². The molecule has 1 heterocycles. The van der Waals surface area contributed by atoms with Gasteiger partial charge in [0.2, 0.25) is 0 Å². The summed E-state index contributed by atoms with van der Waals surface area (Å²) >= 11 is 0. The quantitative estimate of drug-likeness (QED) is 0.795. The molecule has 5 nitrogen and oxygen atoms in total. The van der Waals surface area contributed by atoms with E-state index < -0.39 is 15.6 Å². The predicted molar refractivity (Wildman–Crippen MR) is 87.8 cm³/mol. The van der Waals surface area contributed by atoms with E-state index in [1.165, 1.54) is 12.1 Å². The molecular weight excluding hydrogens is 314 g/mol. The molecule has 0 amide bonds. The first-order valence-electron chi connectivity index (χ1n) is 7.85. The first-order valence-corrected chi connectivity index (χ1v) is 9.29. The van der Waals surface area contributed by atoms with Crippen LogP contribution >= 0.6 is 0 Å². The summed E-state index contributed by atoms with van der Waals surface area (Å²) in [6.07, 6.45) is 6.03. The molecule has 1 saturated heterocycles. The van der Waals surface area contributed by atoms with E-state index in [0.29, 0.717) is 0 Å². The van der Waals surface area contributed by atoms with Gasteiger partial charge in [0, 0.05) is 0 Å². The highest BCUT2D eigenvalue weighted by atomic mass is 32.2. The maximum absolute atomic E-state index is 12.4. The molecule has 1 saturated carbocycles. The summed E-state index contributed by atoms with van der Waals surface area (Å²) in [6, 6.07) is 6.54. The lowest BCUT2D eigenvalue weighted by Crippen LogP contribution is -2.40. The van der Waals surface area contributed by atoms with Gasteiger partial charge in [-0.25, -0.2) is 0 Å². The van der Waals surface area contributed by atoms with Gasteiger partial charge in [0.15, 0.2) is 11.7 Å². The third-order valence-electron chi connectivity index (χ3n) is 4.46. The molecule has 2 aliphatic rings. The van der Waals surface area contributed by atoms with Crippen LogP contribution in [0.2, 0.25) is 0 Å². The summed E-state index contributed by atoms with van der Waals surface area (Å²) < 4.78 is 40.0. The lowest BCUT2D eigenvalue weighted by atomic mass is 9.81. The predicted octanol–water partition coefficient (Wildman–Crippen LogP) is 3.34. The third-order valence-corrected chi connectivity index (χ3v) is 5.72. The van der Waals surface area contributed by atoms with Crippen LogP contribution in [0.4, 0.5) is 0 Å². The Morgan fingerprint density at radius 2 is 1.87 bits per heavy atom. The van der Waals surface area contributed by atoms with Crippen LogP contribution in [-0.4, -0.2) is 26.2 Å². The molecular formula is C17H21NO4S. The molecule has 0 radical (unpaired) electrons. The molecule has 23 heavy (non-hydrogen) atoms. The van der Waals surface area contributed by atoms with Crippen LogP contribution < -0.4 is 0 Å². The number of aryl methyl sites for hydroxylation is 1. The highest BCUT2D eigenvalue weighted by molar-refractivity contribution is 7.90. The third kappa shape index (κ3) is 3.13. The molecule has 1 unspecified atom stereocenters. The molecule has 1 aliphatic carbocycles. The number of sulfonamides is 1. The zero-order valence-electron chi connectivity index (χ0n) is 13.2. The van der Waals surface area contributed by atoms with E-state index in [2.05, 4.69) is 11.0 Å². The van der Waals surface area contributed by atoms with E-state index in [4.69, 9.17) is 9.47 Å². The van der Waals surface area contributed by atoms with Crippen molar-refractivity contribution in [2.75, 3.05) is 0 Å². The summed E-state index contributed by atoms with van der Waals surface area (Å²) in [6.45, 7) is 5.68. The molecule has 1 spiro atoms. The Morgan fingerprint density at radius 3 is 2.48 bits per heavy atom. The Hall–Kier alpha value is -1.82. The summed E-state index contributed by atoms with van der Waals surface area (Å²) in [5, 5.41) is 0. The summed E-state index contributed by atoms with van der Waals surface area (Å²) in [4.78, 5) is 0.127. The van der Waals surface area contributed by atoms with Crippen molar-refractivity contribution in [3.63, 3.8) is 0 Å². The molecule has 124 valence electrons. The molecule has 3 rings (SSSR count). The van der Waals surface area contributed by atoms with E-state index in [0.717, 1.165) is 37.7 Å². The molecule has 1 atom stereocenters. The van der Waals surface area contributed by atoms with Crippen molar-refractivity contribution in [1.29, 1.82) is 0 Å². The average molecular weight is 335 g/mol. The smallest absolute Gasteiger partial charge is 0.401 e. The second kappa shape index (κ2) is 6.00. The maximum atomic E-state index is 12.4. The van der Waals surface area contributed by atoms with Crippen LogP contribution in [0.5, 0.6) is 0 Å². The Kier molecular flexibility index (Phi) is 4.19. The lowest BCUT2D eigenvalue weighted by molar-refractivity contribution is 0.0194. The Morgan fingerprint density at radius 1 is 1.22 bits per heavy atom. The van der Waals surface area contributed by atoms with Crippen molar-refractivity contribution >= 4 is 16.1 Å². The van der Waals surface area contributed by atoms with Crippen molar-refractivity contribution in [2.45, 2.75) is 55.6 Å². The Bertz CT molecular complexity index is 715. The van der Waals surface area contributed by atoms with Gasteiger partial charge in [0.05, 0.1) is 4.90 Å². The normalized spacial score (nSPS) is 25.1. The van der Waals surface area contributed by atoms with Gasteiger partial charge in [-0.2, -0.15) is 8.42 Å². The van der Waals surface area contributed by atoms with E-state index in [9.17, 15) is 8.42 Å². The minimum Gasteiger partial charge on any atom is -0.439 e. The molecule has 2 fully saturated rings. The van der Waals surface area contributed by atoms with Crippen molar-refractivity contribution in [3.8, 4) is 0 Å². The molecule has 6 heteroatoms. The molecule has 1 aromatic carbocycles. The fourth-order valence-corrected chi connectivity index (χ4v) is 4.03. The largest absolute Gasteiger partial charge is 0.439 e. The van der Waals surface area contributed by atoms with E-state index in [1.807, 2.05) is 6.92 Å². The highest BCUT2D eigenvalue weighted by Gasteiger charge is 2.49. The van der Waals surface area contributed by atoms with Gasteiger partial charge >= 0.3 is 6.08 Å². The molecule has 0 N–H and O–H groups in total. The van der Waals surface area contributed by atoms with E-state index in [-0.39, 0.29) is 17.1 Å². The first kappa shape index (κ1) is 16.1. The van der Waals surface area contributed by atoms with Gasteiger partial charge in [0.1, 0.15) is 0 Å². The van der Waals surface area contributed by atoms with Crippen molar-refractivity contribution in [3.05, 3.63) is 42.5 Å². The van der Waals surface area contributed by atoms with E-state index >= 15 is 0 Å². The van der Waals surface area contributed by atoms with Crippen LogP contribution in [0, 0.1) is 6.92 Å². The van der Waals surface area contributed by atoms with Gasteiger partial charge in [-0.3, -0.25) is 0 Å². The van der Waals surface area contributed by atoms with Crippen LogP contribution in [0.15, 0.2) is 46.2 Å². The number of benzene rings is 1. The number of ether oxygens (including phenoxy) is 2. The standard InChI is InChI=1S/C17H21NO4S/c1-3-15-17(11-5-4-6-12-17)22-16(21-15)18-23(19,20)14-9-7-13(2)8-10-14/h3,7-10,15H,1,4-6,11-12H2,2H3/b18-16-. The summed E-state index contributed by atoms with van der Waals surface area (Å²) in [5.74, 6) is 0. The fraction of sp³-hybridized carbons (Fsp3) is 0.471. The SMILES string of the molecule is C=CC1O/C(=N/S(=O)(=O)c2ccc(C)cc2)OC12CCCCC2. The van der Waals surface area contributed by atoms with Gasteiger partial charge in [-0.05, 0) is 50.8 Å². The van der Waals surface area contributed by atoms with E-state index in [1.54, 1.807) is 18.2 Å². The maximum Gasteiger partial charge on any atom is 0.401 e. The van der Waals surface area contributed by atoms with Crippen molar-refractivity contribution in [2.24, 2.45) is 4.40 Å². The number of nitrogens with zero attached hydrogens (tertiary/aromatic N) is 1. The molecule has 1 aliphatic heterocycles. The molecule has 0 aromatic heterocycles. The van der Waals surface area contributed by atoms with Gasteiger partial charge < -0.3 is 9.47 Å².